The second kappa shape index (κ2) is 7.49. The van der Waals surface area contributed by atoms with Crippen LogP contribution in [0.3, 0.4) is 0 Å². The quantitative estimate of drug-likeness (QED) is 0.773. The van der Waals surface area contributed by atoms with Crippen molar-refractivity contribution in [3.05, 3.63) is 0 Å². The van der Waals surface area contributed by atoms with Crippen molar-refractivity contribution in [3.8, 4) is 0 Å². The first-order valence-corrected chi connectivity index (χ1v) is 8.19. The number of likely N-dealkylation sites (tertiary alicyclic amines) is 1. The zero-order chi connectivity index (χ0) is 12.8. The van der Waals surface area contributed by atoms with Crippen LogP contribution in [-0.4, -0.2) is 37.6 Å². The van der Waals surface area contributed by atoms with Crippen molar-refractivity contribution in [2.24, 2.45) is 11.8 Å². The van der Waals surface area contributed by atoms with Crippen molar-refractivity contribution in [1.82, 2.24) is 10.2 Å². The van der Waals surface area contributed by atoms with Gasteiger partial charge >= 0.3 is 0 Å². The summed E-state index contributed by atoms with van der Waals surface area (Å²) in [7, 11) is 2.25. The molecule has 0 spiro atoms. The van der Waals surface area contributed by atoms with Crippen molar-refractivity contribution in [2.45, 2.75) is 64.3 Å². The van der Waals surface area contributed by atoms with Gasteiger partial charge in [-0.3, -0.25) is 0 Å². The average Bonchev–Trinajstić information content (AvgIpc) is 2.63. The lowest BCUT2D eigenvalue weighted by Crippen LogP contribution is -2.38. The van der Waals surface area contributed by atoms with E-state index in [1.165, 1.54) is 71.0 Å². The van der Waals surface area contributed by atoms with Crippen molar-refractivity contribution < 1.29 is 0 Å². The van der Waals surface area contributed by atoms with Crippen LogP contribution in [0, 0.1) is 11.8 Å². The van der Waals surface area contributed by atoms with Crippen LogP contribution in [0.2, 0.25) is 0 Å². The van der Waals surface area contributed by atoms with Gasteiger partial charge in [-0.1, -0.05) is 26.2 Å². The summed E-state index contributed by atoms with van der Waals surface area (Å²) in [6.07, 6.45) is 11.4. The Bertz CT molecular complexity index is 221. The van der Waals surface area contributed by atoms with E-state index >= 15 is 0 Å². The van der Waals surface area contributed by atoms with Gasteiger partial charge in [0.15, 0.2) is 0 Å². The smallest absolute Gasteiger partial charge is 0.00672 e. The molecule has 1 aliphatic heterocycles. The number of nitrogens with zero attached hydrogens (tertiary/aromatic N) is 1. The molecular weight excluding hydrogens is 220 g/mol. The standard InChI is InChI=1S/C16H32N2/c1-3-14-5-4-6-16(8-7-14)17-13-15-9-11-18(2)12-10-15/h14-17H,3-13H2,1-2H3. The molecule has 0 bridgehead atoms. The fourth-order valence-corrected chi connectivity index (χ4v) is 3.59. The zero-order valence-electron chi connectivity index (χ0n) is 12.5. The van der Waals surface area contributed by atoms with E-state index in [2.05, 4.69) is 24.2 Å². The lowest BCUT2D eigenvalue weighted by atomic mass is 9.96. The van der Waals surface area contributed by atoms with Gasteiger partial charge in [0.1, 0.15) is 0 Å². The highest BCUT2D eigenvalue weighted by atomic mass is 15.1. The second-order valence-corrected chi connectivity index (χ2v) is 6.63. The van der Waals surface area contributed by atoms with Crippen LogP contribution >= 0.6 is 0 Å². The first kappa shape index (κ1) is 14.3. The van der Waals surface area contributed by atoms with Crippen LogP contribution in [0.25, 0.3) is 0 Å². The predicted molar refractivity (Wildman–Crippen MR) is 78.9 cm³/mol. The van der Waals surface area contributed by atoms with Gasteiger partial charge in [-0.25, -0.2) is 0 Å². The Morgan fingerprint density at radius 2 is 1.72 bits per heavy atom. The molecule has 2 aliphatic rings. The normalized spacial score (nSPS) is 32.3. The van der Waals surface area contributed by atoms with E-state index in [1.54, 1.807) is 0 Å². The van der Waals surface area contributed by atoms with E-state index < -0.39 is 0 Å². The van der Waals surface area contributed by atoms with Crippen LogP contribution in [0.4, 0.5) is 0 Å². The van der Waals surface area contributed by atoms with Gasteiger partial charge < -0.3 is 10.2 Å². The van der Waals surface area contributed by atoms with E-state index in [1.807, 2.05) is 0 Å². The molecule has 2 heteroatoms. The van der Waals surface area contributed by atoms with E-state index in [9.17, 15) is 0 Å². The molecule has 0 aromatic rings. The summed E-state index contributed by atoms with van der Waals surface area (Å²) in [4.78, 5) is 2.47. The highest BCUT2D eigenvalue weighted by Crippen LogP contribution is 2.26. The fraction of sp³-hybridized carbons (Fsp3) is 1.00. The molecule has 2 unspecified atom stereocenters. The first-order chi connectivity index (χ1) is 8.78. The molecule has 2 nitrogen and oxygen atoms in total. The van der Waals surface area contributed by atoms with Gasteiger partial charge in [0, 0.05) is 6.04 Å². The molecule has 1 saturated carbocycles. The maximum Gasteiger partial charge on any atom is 0.00672 e. The van der Waals surface area contributed by atoms with Gasteiger partial charge in [0.05, 0.1) is 0 Å². The lowest BCUT2D eigenvalue weighted by Gasteiger charge is -2.30. The van der Waals surface area contributed by atoms with E-state index in [-0.39, 0.29) is 0 Å². The van der Waals surface area contributed by atoms with E-state index in [4.69, 9.17) is 0 Å². The summed E-state index contributed by atoms with van der Waals surface area (Å²) in [5, 5.41) is 3.87. The van der Waals surface area contributed by atoms with Crippen molar-refractivity contribution in [3.63, 3.8) is 0 Å². The molecule has 2 rings (SSSR count). The molecule has 2 atom stereocenters. The number of nitrogens with one attached hydrogen (secondary N) is 1. The number of rotatable bonds is 4. The van der Waals surface area contributed by atoms with Crippen LogP contribution in [0.5, 0.6) is 0 Å². The average molecular weight is 252 g/mol. The Labute approximate surface area is 114 Å². The molecule has 2 fully saturated rings. The summed E-state index contributed by atoms with van der Waals surface area (Å²) < 4.78 is 0. The summed E-state index contributed by atoms with van der Waals surface area (Å²) in [6, 6.07) is 0.821. The molecular formula is C16H32N2. The second-order valence-electron chi connectivity index (χ2n) is 6.63. The molecule has 0 aromatic carbocycles. The van der Waals surface area contributed by atoms with Crippen LogP contribution in [-0.2, 0) is 0 Å². The van der Waals surface area contributed by atoms with Gasteiger partial charge in [-0.15, -0.1) is 0 Å². The third kappa shape index (κ3) is 4.55. The monoisotopic (exact) mass is 252 g/mol. The molecule has 1 saturated heterocycles. The van der Waals surface area contributed by atoms with Crippen LogP contribution in [0.15, 0.2) is 0 Å². The van der Waals surface area contributed by atoms with Crippen molar-refractivity contribution in [1.29, 1.82) is 0 Å². The SMILES string of the molecule is CCC1CCCC(NCC2CCN(C)CC2)CC1. The van der Waals surface area contributed by atoms with Crippen LogP contribution in [0.1, 0.15) is 58.3 Å². The van der Waals surface area contributed by atoms with Gasteiger partial charge in [-0.05, 0) is 70.6 Å². The minimum Gasteiger partial charge on any atom is -0.314 e. The Morgan fingerprint density at radius 3 is 2.44 bits per heavy atom. The first-order valence-electron chi connectivity index (χ1n) is 8.19. The maximum absolute atomic E-state index is 3.87. The number of hydrogen-bond donors (Lipinski definition) is 1. The Morgan fingerprint density at radius 1 is 0.944 bits per heavy atom. The largest absolute Gasteiger partial charge is 0.314 e. The molecule has 0 radical (unpaired) electrons. The highest BCUT2D eigenvalue weighted by Gasteiger charge is 2.20. The highest BCUT2D eigenvalue weighted by molar-refractivity contribution is 4.78. The minimum atomic E-state index is 0.821. The zero-order valence-corrected chi connectivity index (χ0v) is 12.5. The third-order valence-corrected chi connectivity index (χ3v) is 5.20. The van der Waals surface area contributed by atoms with Crippen molar-refractivity contribution in [2.75, 3.05) is 26.7 Å². The molecule has 18 heavy (non-hydrogen) atoms. The van der Waals surface area contributed by atoms with Crippen LogP contribution < -0.4 is 5.32 Å². The van der Waals surface area contributed by atoms with Gasteiger partial charge in [0.25, 0.3) is 0 Å². The van der Waals surface area contributed by atoms with E-state index in [0.29, 0.717) is 0 Å². The molecule has 1 aliphatic carbocycles. The van der Waals surface area contributed by atoms with Crippen molar-refractivity contribution >= 4 is 0 Å². The third-order valence-electron chi connectivity index (χ3n) is 5.20. The summed E-state index contributed by atoms with van der Waals surface area (Å²) >= 11 is 0. The number of piperidine rings is 1. The molecule has 0 aromatic heterocycles. The predicted octanol–water partition coefficient (Wildman–Crippen LogP) is 3.28. The minimum absolute atomic E-state index is 0.821. The summed E-state index contributed by atoms with van der Waals surface area (Å²) in [5.41, 5.74) is 0. The van der Waals surface area contributed by atoms with Gasteiger partial charge in [-0.2, -0.15) is 0 Å². The van der Waals surface area contributed by atoms with Gasteiger partial charge in [0.2, 0.25) is 0 Å². The topological polar surface area (TPSA) is 15.3 Å². The Kier molecular flexibility index (Phi) is 5.97. The summed E-state index contributed by atoms with van der Waals surface area (Å²) in [6.45, 7) is 6.23. The molecule has 1 N–H and O–H groups in total. The lowest BCUT2D eigenvalue weighted by molar-refractivity contribution is 0.211. The Hall–Kier alpha value is -0.0800. The fourth-order valence-electron chi connectivity index (χ4n) is 3.59. The molecule has 106 valence electrons. The molecule has 0 amide bonds. The molecule has 1 heterocycles. The van der Waals surface area contributed by atoms with E-state index in [0.717, 1.165) is 17.9 Å². The Balaban J connectivity index is 1.64. The maximum atomic E-state index is 3.87. The number of hydrogen-bond acceptors (Lipinski definition) is 2. The summed E-state index contributed by atoms with van der Waals surface area (Å²) in [5.74, 6) is 1.95.